The van der Waals surface area contributed by atoms with Gasteiger partial charge in [-0.2, -0.15) is 0 Å². The summed E-state index contributed by atoms with van der Waals surface area (Å²) in [6, 6.07) is 4.44. The first-order valence-electron chi connectivity index (χ1n) is 4.86. The number of benzene rings is 1. The molecule has 0 fully saturated rings. The summed E-state index contributed by atoms with van der Waals surface area (Å²) >= 11 is 0. The highest BCUT2D eigenvalue weighted by atomic mass is 19.3. The monoisotopic (exact) mass is 229 g/mol. The van der Waals surface area contributed by atoms with E-state index in [1.807, 2.05) is 0 Å². The molecule has 0 aromatic heterocycles. The second kappa shape index (κ2) is 5.55. The zero-order chi connectivity index (χ0) is 12.1. The summed E-state index contributed by atoms with van der Waals surface area (Å²) in [6.07, 6.45) is -2.57. The Kier molecular flexibility index (Phi) is 4.37. The Balaban J connectivity index is 2.87. The molecule has 0 aliphatic carbocycles. The molecule has 0 radical (unpaired) electrons. The van der Waals surface area contributed by atoms with Gasteiger partial charge >= 0.3 is 5.97 Å². The van der Waals surface area contributed by atoms with E-state index in [1.54, 1.807) is 6.92 Å². The third-order valence-corrected chi connectivity index (χ3v) is 2.06. The summed E-state index contributed by atoms with van der Waals surface area (Å²) in [7, 11) is 0. The lowest BCUT2D eigenvalue weighted by Gasteiger charge is -2.11. The second-order valence-electron chi connectivity index (χ2n) is 3.20. The maximum Gasteiger partial charge on any atom is 0.327 e. The lowest BCUT2D eigenvalue weighted by Crippen LogP contribution is -2.23. The van der Waals surface area contributed by atoms with Gasteiger partial charge in [0.1, 0.15) is 6.04 Å². The van der Waals surface area contributed by atoms with Crippen molar-refractivity contribution in [3.8, 4) is 0 Å². The normalized spacial score (nSPS) is 12.6. The van der Waals surface area contributed by atoms with Gasteiger partial charge in [-0.05, 0) is 18.6 Å². The van der Waals surface area contributed by atoms with Crippen LogP contribution in [0.1, 0.15) is 30.5 Å². The van der Waals surface area contributed by atoms with Crippen LogP contribution in [0.3, 0.4) is 0 Å². The van der Waals surface area contributed by atoms with Crippen molar-refractivity contribution in [2.45, 2.75) is 19.4 Å². The number of hydrogen-bond acceptors (Lipinski definition) is 3. The van der Waals surface area contributed by atoms with E-state index >= 15 is 0 Å². The standard InChI is InChI=1S/C11H13F2NO2/c1-2-16-11(15)9(14)7-4-3-5-8(6-7)10(12)13/h3-6,9-10H,2,14H2,1H3. The van der Waals surface area contributed by atoms with Gasteiger partial charge in [0.2, 0.25) is 0 Å². The van der Waals surface area contributed by atoms with Gasteiger partial charge in [0, 0.05) is 5.56 Å². The van der Waals surface area contributed by atoms with Crippen molar-refractivity contribution in [2.75, 3.05) is 6.61 Å². The van der Waals surface area contributed by atoms with Gasteiger partial charge in [-0.1, -0.05) is 18.2 Å². The first-order valence-corrected chi connectivity index (χ1v) is 4.86. The average Bonchev–Trinajstić information content (AvgIpc) is 2.28. The molecule has 0 heterocycles. The Morgan fingerprint density at radius 1 is 1.44 bits per heavy atom. The van der Waals surface area contributed by atoms with E-state index in [1.165, 1.54) is 24.3 Å². The van der Waals surface area contributed by atoms with Gasteiger partial charge < -0.3 is 10.5 Å². The number of esters is 1. The van der Waals surface area contributed by atoms with E-state index in [0.29, 0.717) is 5.56 Å². The minimum atomic E-state index is -2.57. The van der Waals surface area contributed by atoms with Crippen LogP contribution in [0, 0.1) is 0 Å². The van der Waals surface area contributed by atoms with E-state index in [0.717, 1.165) is 0 Å². The fraction of sp³-hybridized carbons (Fsp3) is 0.364. The Morgan fingerprint density at radius 3 is 2.62 bits per heavy atom. The van der Waals surface area contributed by atoms with Crippen molar-refractivity contribution >= 4 is 5.97 Å². The quantitative estimate of drug-likeness (QED) is 0.805. The van der Waals surface area contributed by atoms with Crippen molar-refractivity contribution in [1.82, 2.24) is 0 Å². The smallest absolute Gasteiger partial charge is 0.327 e. The molecule has 1 atom stereocenters. The summed E-state index contributed by atoms with van der Waals surface area (Å²) in [5.74, 6) is -0.617. The fourth-order valence-electron chi connectivity index (χ4n) is 1.26. The third-order valence-electron chi connectivity index (χ3n) is 2.06. The highest BCUT2D eigenvalue weighted by Gasteiger charge is 2.18. The maximum absolute atomic E-state index is 12.4. The summed E-state index contributed by atoms with van der Waals surface area (Å²) in [4.78, 5) is 11.3. The molecule has 16 heavy (non-hydrogen) atoms. The summed E-state index contributed by atoms with van der Waals surface area (Å²) in [6.45, 7) is 1.86. The number of carbonyl (C=O) groups excluding carboxylic acids is 1. The number of rotatable bonds is 4. The molecule has 0 spiro atoms. The molecule has 0 saturated carbocycles. The van der Waals surface area contributed by atoms with Crippen molar-refractivity contribution in [1.29, 1.82) is 0 Å². The Bertz CT molecular complexity index is 369. The van der Waals surface area contributed by atoms with E-state index < -0.39 is 18.4 Å². The molecule has 1 unspecified atom stereocenters. The predicted octanol–water partition coefficient (Wildman–Crippen LogP) is 2.19. The number of ether oxygens (including phenoxy) is 1. The van der Waals surface area contributed by atoms with Gasteiger partial charge in [-0.15, -0.1) is 0 Å². The molecule has 1 rings (SSSR count). The van der Waals surface area contributed by atoms with E-state index in [-0.39, 0.29) is 12.2 Å². The number of carbonyl (C=O) groups is 1. The molecular weight excluding hydrogens is 216 g/mol. The van der Waals surface area contributed by atoms with Crippen LogP contribution in [0.5, 0.6) is 0 Å². The molecule has 88 valence electrons. The SMILES string of the molecule is CCOC(=O)C(N)c1cccc(C(F)F)c1. The molecule has 0 aliphatic rings. The van der Waals surface area contributed by atoms with Gasteiger partial charge in [-0.25, -0.2) is 13.6 Å². The van der Waals surface area contributed by atoms with Crippen LogP contribution in [0.2, 0.25) is 0 Å². The van der Waals surface area contributed by atoms with Crippen molar-refractivity contribution in [2.24, 2.45) is 5.73 Å². The van der Waals surface area contributed by atoms with Crippen molar-refractivity contribution < 1.29 is 18.3 Å². The third kappa shape index (κ3) is 3.00. The first-order chi connectivity index (χ1) is 7.56. The zero-order valence-corrected chi connectivity index (χ0v) is 8.82. The van der Waals surface area contributed by atoms with Gasteiger partial charge in [-0.3, -0.25) is 0 Å². The van der Waals surface area contributed by atoms with Crippen LogP contribution < -0.4 is 5.73 Å². The van der Waals surface area contributed by atoms with Crippen molar-refractivity contribution in [3.63, 3.8) is 0 Å². The van der Waals surface area contributed by atoms with Crippen LogP contribution in [-0.4, -0.2) is 12.6 Å². The molecule has 0 bridgehead atoms. The lowest BCUT2D eigenvalue weighted by molar-refractivity contribution is -0.144. The van der Waals surface area contributed by atoms with Crippen LogP contribution in [0.15, 0.2) is 24.3 Å². The van der Waals surface area contributed by atoms with E-state index in [9.17, 15) is 13.6 Å². The first kappa shape index (κ1) is 12.6. The Labute approximate surface area is 92.2 Å². The molecule has 3 nitrogen and oxygen atoms in total. The summed E-state index contributed by atoms with van der Waals surface area (Å²) in [5, 5.41) is 0. The van der Waals surface area contributed by atoms with Gasteiger partial charge in [0.15, 0.2) is 0 Å². The molecule has 0 amide bonds. The number of hydrogen-bond donors (Lipinski definition) is 1. The molecule has 1 aromatic carbocycles. The second-order valence-corrected chi connectivity index (χ2v) is 3.20. The highest BCUT2D eigenvalue weighted by molar-refractivity contribution is 5.77. The Morgan fingerprint density at radius 2 is 2.06 bits per heavy atom. The van der Waals surface area contributed by atoms with Crippen LogP contribution >= 0.6 is 0 Å². The van der Waals surface area contributed by atoms with Crippen LogP contribution in [0.4, 0.5) is 8.78 Å². The van der Waals surface area contributed by atoms with Gasteiger partial charge in [0.05, 0.1) is 6.61 Å². The topological polar surface area (TPSA) is 52.3 Å². The number of nitrogens with two attached hydrogens (primary N) is 1. The fourth-order valence-corrected chi connectivity index (χ4v) is 1.26. The maximum atomic E-state index is 12.4. The largest absolute Gasteiger partial charge is 0.465 e. The lowest BCUT2D eigenvalue weighted by atomic mass is 10.0. The van der Waals surface area contributed by atoms with Crippen LogP contribution in [0.25, 0.3) is 0 Å². The van der Waals surface area contributed by atoms with Crippen LogP contribution in [-0.2, 0) is 9.53 Å². The summed E-state index contributed by atoms with van der Waals surface area (Å²) in [5.41, 5.74) is 5.75. The Hall–Kier alpha value is -1.49. The zero-order valence-electron chi connectivity index (χ0n) is 8.82. The summed E-state index contributed by atoms with van der Waals surface area (Å²) < 4.78 is 29.5. The minimum absolute atomic E-state index is 0.155. The van der Waals surface area contributed by atoms with Gasteiger partial charge in [0.25, 0.3) is 6.43 Å². The van der Waals surface area contributed by atoms with E-state index in [4.69, 9.17) is 10.5 Å². The molecule has 2 N–H and O–H groups in total. The van der Waals surface area contributed by atoms with Crippen molar-refractivity contribution in [3.05, 3.63) is 35.4 Å². The molecule has 5 heteroatoms. The molecular formula is C11H13F2NO2. The van der Waals surface area contributed by atoms with E-state index in [2.05, 4.69) is 0 Å². The predicted molar refractivity (Wildman–Crippen MR) is 55.0 cm³/mol. The molecule has 0 aliphatic heterocycles. The number of alkyl halides is 2. The highest BCUT2D eigenvalue weighted by Crippen LogP contribution is 2.22. The molecule has 0 saturated heterocycles. The average molecular weight is 229 g/mol. The minimum Gasteiger partial charge on any atom is -0.465 e. The number of halogens is 2. The molecule has 1 aromatic rings.